The number of hydrogen-bond acceptors (Lipinski definition) is 5. The van der Waals surface area contributed by atoms with Crippen LogP contribution in [0.15, 0.2) is 103 Å². The lowest BCUT2D eigenvalue weighted by molar-refractivity contribution is -0.121. The minimum Gasteiger partial charge on any atom is -0.492 e. The maximum Gasteiger partial charge on any atom is 0.265 e. The lowest BCUT2D eigenvalue weighted by atomic mass is 10.2. The molecule has 0 saturated heterocycles. The van der Waals surface area contributed by atoms with Gasteiger partial charge in [-0.1, -0.05) is 54.1 Å². The number of nitrogens with one attached hydrogen (secondary N) is 1. The minimum atomic E-state index is -0.301. The van der Waals surface area contributed by atoms with Gasteiger partial charge in [-0.25, -0.2) is 0 Å². The van der Waals surface area contributed by atoms with Crippen molar-refractivity contribution in [3.05, 3.63) is 119 Å². The van der Waals surface area contributed by atoms with Crippen LogP contribution in [-0.2, 0) is 16.2 Å². The zero-order valence-corrected chi connectivity index (χ0v) is 22.3. The number of benzene rings is 4. The fourth-order valence-corrected chi connectivity index (χ4v) is 4.21. The van der Waals surface area contributed by atoms with Crippen LogP contribution in [0.2, 0.25) is 5.02 Å². The zero-order chi connectivity index (χ0) is 27.7. The first kappa shape index (κ1) is 26.8. The average Bonchev–Trinajstić information content (AvgIpc) is 2.98. The number of fused-ring (bicyclic) bond motifs is 1. The molecule has 1 heterocycles. The van der Waals surface area contributed by atoms with E-state index in [9.17, 15) is 9.59 Å². The Labute approximate surface area is 237 Å². The van der Waals surface area contributed by atoms with Crippen molar-refractivity contribution in [3.8, 4) is 17.2 Å². The van der Waals surface area contributed by atoms with Gasteiger partial charge in [0.15, 0.2) is 6.61 Å². The molecular formula is C32H27ClN2O5. The molecule has 5 rings (SSSR count). The van der Waals surface area contributed by atoms with Crippen LogP contribution in [0.5, 0.6) is 17.2 Å². The van der Waals surface area contributed by atoms with Gasteiger partial charge in [0, 0.05) is 16.8 Å². The third-order valence-electron chi connectivity index (χ3n) is 6.12. The molecule has 0 saturated carbocycles. The lowest BCUT2D eigenvalue weighted by Crippen LogP contribution is -2.41. The molecule has 202 valence electrons. The molecule has 7 nitrogen and oxygen atoms in total. The highest BCUT2D eigenvalue weighted by Gasteiger charge is 2.26. The maximum atomic E-state index is 12.6. The summed E-state index contributed by atoms with van der Waals surface area (Å²) in [5.41, 5.74) is 3.07. The summed E-state index contributed by atoms with van der Waals surface area (Å²) in [6.07, 6.45) is 3.18. The Balaban J connectivity index is 1.16. The molecule has 2 amide bonds. The highest BCUT2D eigenvalue weighted by atomic mass is 35.5. The van der Waals surface area contributed by atoms with Crippen molar-refractivity contribution in [2.24, 2.45) is 0 Å². The predicted octanol–water partition coefficient (Wildman–Crippen LogP) is 6.38. The number of nitrogens with zero attached hydrogens (tertiary/aromatic N) is 1. The Morgan fingerprint density at radius 2 is 1.65 bits per heavy atom. The first-order chi connectivity index (χ1) is 19.5. The van der Waals surface area contributed by atoms with Crippen molar-refractivity contribution in [3.63, 3.8) is 0 Å². The van der Waals surface area contributed by atoms with Gasteiger partial charge < -0.3 is 24.4 Å². The predicted molar refractivity (Wildman–Crippen MR) is 156 cm³/mol. The molecular weight excluding hydrogens is 528 g/mol. The topological polar surface area (TPSA) is 77.1 Å². The number of rotatable bonds is 10. The van der Waals surface area contributed by atoms with E-state index in [2.05, 4.69) is 5.32 Å². The fourth-order valence-electron chi connectivity index (χ4n) is 4.08. The normalized spacial score (nSPS) is 12.5. The largest absolute Gasteiger partial charge is 0.492 e. The molecule has 0 bridgehead atoms. The van der Waals surface area contributed by atoms with E-state index in [1.807, 2.05) is 54.6 Å². The van der Waals surface area contributed by atoms with Gasteiger partial charge in [0.05, 0.1) is 12.2 Å². The summed E-state index contributed by atoms with van der Waals surface area (Å²) in [6.45, 7) is 1.03. The molecule has 0 unspecified atom stereocenters. The first-order valence-electron chi connectivity index (χ1n) is 12.7. The molecule has 1 N–H and O–H groups in total. The standard InChI is InChI=1S/C32H27ClN2O5/c33-25-9-14-27(15-10-25)38-19-18-35-29-20-26(11-16-30(29)40-22-32(35)37)34-31(36)17-8-23-6-12-28(13-7-23)39-21-24-4-2-1-3-5-24/h1-17,20H,18-19,21-22H2,(H,34,36)/b17-8+. The fraction of sp³-hybridized carbons (Fsp3) is 0.125. The van der Waals surface area contributed by atoms with Crippen molar-refractivity contribution in [2.45, 2.75) is 6.61 Å². The highest BCUT2D eigenvalue weighted by Crippen LogP contribution is 2.34. The smallest absolute Gasteiger partial charge is 0.265 e. The van der Waals surface area contributed by atoms with Crippen molar-refractivity contribution < 1.29 is 23.8 Å². The van der Waals surface area contributed by atoms with Gasteiger partial charge in [-0.3, -0.25) is 9.59 Å². The number of carbonyl (C=O) groups is 2. The van der Waals surface area contributed by atoms with Crippen molar-refractivity contribution in [2.75, 3.05) is 30.0 Å². The molecule has 0 aliphatic carbocycles. The Kier molecular flexibility index (Phi) is 8.63. The van der Waals surface area contributed by atoms with Crippen molar-refractivity contribution >= 4 is 40.9 Å². The summed E-state index contributed by atoms with van der Waals surface area (Å²) in [7, 11) is 0. The molecule has 4 aromatic carbocycles. The van der Waals surface area contributed by atoms with Crippen LogP contribution in [0.1, 0.15) is 11.1 Å². The van der Waals surface area contributed by atoms with Gasteiger partial charge in [0.2, 0.25) is 5.91 Å². The number of ether oxygens (including phenoxy) is 3. The molecule has 1 aliphatic rings. The minimum absolute atomic E-state index is 0.0571. The number of halogens is 1. The molecule has 0 aromatic heterocycles. The van der Waals surface area contributed by atoms with E-state index in [1.165, 1.54) is 6.08 Å². The third kappa shape index (κ3) is 7.21. The summed E-state index contributed by atoms with van der Waals surface area (Å²) in [5.74, 6) is 1.48. The Bertz CT molecular complexity index is 1490. The molecule has 4 aromatic rings. The van der Waals surface area contributed by atoms with Crippen LogP contribution >= 0.6 is 11.6 Å². The number of hydrogen-bond donors (Lipinski definition) is 1. The second kappa shape index (κ2) is 12.9. The monoisotopic (exact) mass is 554 g/mol. The van der Waals surface area contributed by atoms with Gasteiger partial charge in [-0.05, 0) is 71.8 Å². The van der Waals surface area contributed by atoms with Gasteiger partial charge in [-0.15, -0.1) is 0 Å². The molecule has 1 aliphatic heterocycles. The second-order valence-electron chi connectivity index (χ2n) is 8.98. The summed E-state index contributed by atoms with van der Waals surface area (Å²) in [6, 6.07) is 29.7. The van der Waals surface area contributed by atoms with Crippen LogP contribution in [0.25, 0.3) is 6.08 Å². The Morgan fingerprint density at radius 1 is 0.925 bits per heavy atom. The van der Waals surface area contributed by atoms with E-state index in [-0.39, 0.29) is 25.0 Å². The first-order valence-corrected chi connectivity index (χ1v) is 13.1. The number of anilines is 2. The van der Waals surface area contributed by atoms with Gasteiger partial charge >= 0.3 is 0 Å². The van der Waals surface area contributed by atoms with Crippen molar-refractivity contribution in [1.29, 1.82) is 0 Å². The van der Waals surface area contributed by atoms with Crippen LogP contribution in [0.4, 0.5) is 11.4 Å². The molecule has 0 fully saturated rings. The molecule has 0 spiro atoms. The average molecular weight is 555 g/mol. The van der Waals surface area contributed by atoms with Crippen LogP contribution < -0.4 is 24.4 Å². The van der Waals surface area contributed by atoms with Crippen LogP contribution in [-0.4, -0.2) is 31.6 Å². The van der Waals surface area contributed by atoms with Gasteiger partial charge in [0.1, 0.15) is 30.5 Å². The van der Waals surface area contributed by atoms with E-state index in [0.29, 0.717) is 41.0 Å². The maximum absolute atomic E-state index is 12.6. The van der Waals surface area contributed by atoms with E-state index in [4.69, 9.17) is 25.8 Å². The van der Waals surface area contributed by atoms with E-state index in [0.717, 1.165) is 16.9 Å². The Hall–Kier alpha value is -4.75. The van der Waals surface area contributed by atoms with Gasteiger partial charge in [0.25, 0.3) is 5.91 Å². The summed E-state index contributed by atoms with van der Waals surface area (Å²) in [5, 5.41) is 3.47. The molecule has 0 atom stereocenters. The number of amides is 2. The van der Waals surface area contributed by atoms with Gasteiger partial charge in [-0.2, -0.15) is 0 Å². The van der Waals surface area contributed by atoms with E-state index in [1.54, 1.807) is 53.4 Å². The quantitative estimate of drug-likeness (QED) is 0.230. The van der Waals surface area contributed by atoms with Crippen LogP contribution in [0.3, 0.4) is 0 Å². The summed E-state index contributed by atoms with van der Waals surface area (Å²) in [4.78, 5) is 26.8. The highest BCUT2D eigenvalue weighted by molar-refractivity contribution is 6.30. The molecule has 8 heteroatoms. The number of carbonyl (C=O) groups excluding carboxylic acids is 2. The summed E-state index contributed by atoms with van der Waals surface area (Å²) >= 11 is 5.92. The summed E-state index contributed by atoms with van der Waals surface area (Å²) < 4.78 is 17.1. The molecule has 0 radical (unpaired) electrons. The zero-order valence-electron chi connectivity index (χ0n) is 21.6. The van der Waals surface area contributed by atoms with Crippen LogP contribution in [0, 0.1) is 0 Å². The SMILES string of the molecule is O=C(/C=C/c1ccc(OCc2ccccc2)cc1)Nc1ccc2c(c1)N(CCOc1ccc(Cl)cc1)C(=O)CO2. The Morgan fingerprint density at radius 3 is 2.42 bits per heavy atom. The van der Waals surface area contributed by atoms with E-state index < -0.39 is 0 Å². The second-order valence-corrected chi connectivity index (χ2v) is 9.42. The third-order valence-corrected chi connectivity index (χ3v) is 6.37. The van der Waals surface area contributed by atoms with Crippen molar-refractivity contribution in [1.82, 2.24) is 0 Å². The van der Waals surface area contributed by atoms with E-state index >= 15 is 0 Å². The molecule has 40 heavy (non-hydrogen) atoms. The lowest BCUT2D eigenvalue weighted by Gasteiger charge is -2.29.